The highest BCUT2D eigenvalue weighted by Crippen LogP contribution is 2.24. The van der Waals surface area contributed by atoms with Crippen LogP contribution in [0.5, 0.6) is 0 Å². The van der Waals surface area contributed by atoms with Crippen molar-refractivity contribution in [3.63, 3.8) is 0 Å². The molecule has 1 aromatic heterocycles. The first kappa shape index (κ1) is 10.8. The topological polar surface area (TPSA) is 38.1 Å². The van der Waals surface area contributed by atoms with Crippen LogP contribution >= 0.6 is 0 Å². The summed E-state index contributed by atoms with van der Waals surface area (Å²) in [5.41, 5.74) is 1.77. The number of aryl methyl sites for hydroxylation is 2. The molecule has 1 unspecified atom stereocenters. The summed E-state index contributed by atoms with van der Waals surface area (Å²) in [7, 11) is 1.76. The Morgan fingerprint density at radius 1 is 1.44 bits per heavy atom. The van der Waals surface area contributed by atoms with E-state index in [0.29, 0.717) is 5.69 Å². The molecule has 1 atom stereocenters. The molecule has 1 aromatic carbocycles. The van der Waals surface area contributed by atoms with Crippen LogP contribution in [0.2, 0.25) is 0 Å². The molecule has 0 spiro atoms. The van der Waals surface area contributed by atoms with E-state index < -0.39 is 11.9 Å². The van der Waals surface area contributed by atoms with Gasteiger partial charge in [0.2, 0.25) is 0 Å². The molecule has 0 aliphatic heterocycles. The fourth-order valence-electron chi connectivity index (χ4n) is 1.66. The van der Waals surface area contributed by atoms with Crippen LogP contribution in [-0.2, 0) is 7.05 Å². The van der Waals surface area contributed by atoms with Gasteiger partial charge in [0.1, 0.15) is 11.9 Å². The molecule has 1 N–H and O–H groups in total. The highest BCUT2D eigenvalue weighted by Gasteiger charge is 2.17. The van der Waals surface area contributed by atoms with E-state index in [9.17, 15) is 9.50 Å². The summed E-state index contributed by atoms with van der Waals surface area (Å²) in [6, 6.07) is 4.69. The van der Waals surface area contributed by atoms with E-state index in [-0.39, 0.29) is 5.56 Å². The fraction of sp³-hybridized carbons (Fsp3) is 0.250. The van der Waals surface area contributed by atoms with Gasteiger partial charge >= 0.3 is 0 Å². The maximum absolute atomic E-state index is 13.6. The van der Waals surface area contributed by atoms with Crippen molar-refractivity contribution in [1.82, 2.24) is 9.55 Å². The molecule has 3 nitrogen and oxygen atoms in total. The van der Waals surface area contributed by atoms with Gasteiger partial charge in [-0.25, -0.2) is 9.37 Å². The zero-order chi connectivity index (χ0) is 11.7. The van der Waals surface area contributed by atoms with E-state index in [1.165, 1.54) is 12.3 Å². The third kappa shape index (κ3) is 1.84. The summed E-state index contributed by atoms with van der Waals surface area (Å²) in [5.74, 6) is -0.403. The number of rotatable bonds is 2. The standard InChI is InChI=1S/C12H13FN2O/c1-8-3-4-10(13)9(5-8)12(16)11-6-14-7-15(11)2/h3-7,12,16H,1-2H3. The SMILES string of the molecule is Cc1ccc(F)c(C(O)c2cncn2C)c1. The second-order valence-corrected chi connectivity index (χ2v) is 3.86. The minimum Gasteiger partial charge on any atom is -0.382 e. The lowest BCUT2D eigenvalue weighted by Gasteiger charge is -2.13. The Kier molecular flexibility index (Phi) is 2.75. The largest absolute Gasteiger partial charge is 0.382 e. The van der Waals surface area contributed by atoms with Crippen LogP contribution in [0.3, 0.4) is 0 Å². The Morgan fingerprint density at radius 2 is 2.19 bits per heavy atom. The second-order valence-electron chi connectivity index (χ2n) is 3.86. The third-order valence-electron chi connectivity index (χ3n) is 2.58. The summed E-state index contributed by atoms with van der Waals surface area (Å²) >= 11 is 0. The Hall–Kier alpha value is -1.68. The molecule has 4 heteroatoms. The van der Waals surface area contributed by atoms with Gasteiger partial charge in [0.25, 0.3) is 0 Å². The predicted octanol–water partition coefficient (Wildman–Crippen LogP) is 1.95. The first-order valence-corrected chi connectivity index (χ1v) is 5.00. The molecule has 2 rings (SSSR count). The van der Waals surface area contributed by atoms with Gasteiger partial charge in [-0.05, 0) is 13.0 Å². The van der Waals surface area contributed by atoms with Gasteiger partial charge in [-0.3, -0.25) is 0 Å². The van der Waals surface area contributed by atoms with Gasteiger partial charge in [0, 0.05) is 12.6 Å². The smallest absolute Gasteiger partial charge is 0.129 e. The van der Waals surface area contributed by atoms with E-state index in [2.05, 4.69) is 4.98 Å². The first-order chi connectivity index (χ1) is 7.59. The molecular weight excluding hydrogens is 207 g/mol. The third-order valence-corrected chi connectivity index (χ3v) is 2.58. The maximum Gasteiger partial charge on any atom is 0.129 e. The van der Waals surface area contributed by atoms with Crippen LogP contribution in [0, 0.1) is 12.7 Å². The van der Waals surface area contributed by atoms with E-state index in [1.54, 1.807) is 30.1 Å². The lowest BCUT2D eigenvalue weighted by Crippen LogP contribution is -2.07. The average Bonchev–Trinajstić information content (AvgIpc) is 2.67. The molecular formula is C12H13FN2O. The minimum absolute atomic E-state index is 0.281. The Labute approximate surface area is 93.2 Å². The van der Waals surface area contributed by atoms with Gasteiger partial charge < -0.3 is 9.67 Å². The Bertz CT molecular complexity index is 507. The zero-order valence-electron chi connectivity index (χ0n) is 9.18. The van der Waals surface area contributed by atoms with Crippen molar-refractivity contribution in [3.8, 4) is 0 Å². The number of nitrogens with zero attached hydrogens (tertiary/aromatic N) is 2. The average molecular weight is 220 g/mol. The molecule has 0 amide bonds. The lowest BCUT2D eigenvalue weighted by atomic mass is 10.0. The summed E-state index contributed by atoms with van der Waals surface area (Å²) < 4.78 is 15.2. The number of hydrogen-bond acceptors (Lipinski definition) is 2. The van der Waals surface area contributed by atoms with Crippen LogP contribution in [0.1, 0.15) is 22.9 Å². The fourth-order valence-corrected chi connectivity index (χ4v) is 1.66. The number of hydrogen-bond donors (Lipinski definition) is 1. The molecule has 0 saturated heterocycles. The van der Waals surface area contributed by atoms with Crippen LogP contribution < -0.4 is 0 Å². The van der Waals surface area contributed by atoms with Crippen molar-refractivity contribution in [1.29, 1.82) is 0 Å². The van der Waals surface area contributed by atoms with Gasteiger partial charge in [0.05, 0.1) is 18.2 Å². The number of halogens is 1. The van der Waals surface area contributed by atoms with Gasteiger partial charge in [-0.1, -0.05) is 17.7 Å². The summed E-state index contributed by atoms with van der Waals surface area (Å²) in [4.78, 5) is 3.90. The van der Waals surface area contributed by atoms with E-state index in [1.807, 2.05) is 6.92 Å². The predicted molar refractivity (Wildman–Crippen MR) is 58.4 cm³/mol. The minimum atomic E-state index is -0.979. The molecule has 2 aromatic rings. The number of aromatic nitrogens is 2. The van der Waals surface area contributed by atoms with Gasteiger partial charge in [0.15, 0.2) is 0 Å². The van der Waals surface area contributed by atoms with Crippen molar-refractivity contribution in [2.45, 2.75) is 13.0 Å². The molecule has 16 heavy (non-hydrogen) atoms. The summed E-state index contributed by atoms with van der Waals surface area (Å²) in [6.07, 6.45) is 2.13. The maximum atomic E-state index is 13.6. The molecule has 84 valence electrons. The van der Waals surface area contributed by atoms with E-state index in [4.69, 9.17) is 0 Å². The lowest BCUT2D eigenvalue weighted by molar-refractivity contribution is 0.206. The molecule has 0 aliphatic rings. The van der Waals surface area contributed by atoms with Crippen molar-refractivity contribution < 1.29 is 9.50 Å². The number of benzene rings is 1. The number of aliphatic hydroxyl groups excluding tert-OH is 1. The molecule has 0 fully saturated rings. The second kappa shape index (κ2) is 4.06. The van der Waals surface area contributed by atoms with E-state index in [0.717, 1.165) is 5.56 Å². The number of aliphatic hydroxyl groups is 1. The molecule has 0 bridgehead atoms. The van der Waals surface area contributed by atoms with Crippen LogP contribution in [0.25, 0.3) is 0 Å². The highest BCUT2D eigenvalue weighted by molar-refractivity contribution is 5.30. The normalized spacial score (nSPS) is 12.8. The van der Waals surface area contributed by atoms with Crippen molar-refractivity contribution in [3.05, 3.63) is 53.4 Å². The van der Waals surface area contributed by atoms with Crippen molar-refractivity contribution in [2.24, 2.45) is 7.05 Å². The van der Waals surface area contributed by atoms with Gasteiger partial charge in [-0.15, -0.1) is 0 Å². The van der Waals surface area contributed by atoms with Crippen molar-refractivity contribution in [2.75, 3.05) is 0 Å². The van der Waals surface area contributed by atoms with E-state index >= 15 is 0 Å². The Balaban J connectivity index is 2.45. The highest BCUT2D eigenvalue weighted by atomic mass is 19.1. The number of imidazole rings is 1. The van der Waals surface area contributed by atoms with Crippen LogP contribution in [0.15, 0.2) is 30.7 Å². The molecule has 0 aliphatic carbocycles. The summed E-state index contributed by atoms with van der Waals surface area (Å²) in [6.45, 7) is 1.86. The molecule has 0 saturated carbocycles. The zero-order valence-corrected chi connectivity index (χ0v) is 9.18. The quantitative estimate of drug-likeness (QED) is 0.840. The molecule has 0 radical (unpaired) electrons. The van der Waals surface area contributed by atoms with Gasteiger partial charge in [-0.2, -0.15) is 0 Å². The monoisotopic (exact) mass is 220 g/mol. The first-order valence-electron chi connectivity index (χ1n) is 5.00. The summed E-state index contributed by atoms with van der Waals surface area (Å²) in [5, 5.41) is 10.1. The van der Waals surface area contributed by atoms with Crippen molar-refractivity contribution >= 4 is 0 Å². The van der Waals surface area contributed by atoms with Crippen LogP contribution in [-0.4, -0.2) is 14.7 Å². The Morgan fingerprint density at radius 3 is 2.81 bits per heavy atom. The van der Waals surface area contributed by atoms with Crippen LogP contribution in [0.4, 0.5) is 4.39 Å². The molecule has 1 heterocycles.